The van der Waals surface area contributed by atoms with Crippen molar-refractivity contribution in [3.63, 3.8) is 0 Å². The van der Waals surface area contributed by atoms with Crippen molar-refractivity contribution >= 4 is 29.2 Å². The molecule has 1 aromatic carbocycles. The first-order valence-corrected chi connectivity index (χ1v) is 17.0. The number of benzene rings is 1. The summed E-state index contributed by atoms with van der Waals surface area (Å²) in [7, 11) is 1.43. The van der Waals surface area contributed by atoms with Gasteiger partial charge in [0.05, 0.1) is 47.0 Å². The smallest absolute Gasteiger partial charge is 0.312 e. The number of carbonyl (C=O) groups is 5. The van der Waals surface area contributed by atoms with Crippen LogP contribution < -0.4 is 10.1 Å². The number of aliphatic hydroxyl groups is 2. The van der Waals surface area contributed by atoms with Crippen molar-refractivity contribution in [1.82, 2.24) is 5.32 Å². The number of allylic oxidation sites excluding steroid dienone is 2. The van der Waals surface area contributed by atoms with E-state index in [1.807, 2.05) is 6.92 Å². The van der Waals surface area contributed by atoms with Crippen molar-refractivity contribution in [1.29, 1.82) is 0 Å². The normalized spacial score (nSPS) is 34.7. The molecular weight excluding hydrogens is 650 g/mol. The Morgan fingerprint density at radius 2 is 1.62 bits per heavy atom. The Bertz CT molecular complexity index is 1610. The van der Waals surface area contributed by atoms with E-state index < -0.39 is 94.4 Å². The fraction of sp³-hybridized carbons (Fsp3) is 0.595. The number of fused-ring (bicyclic) bond motifs is 16. The minimum Gasteiger partial charge on any atom is -0.507 e. The molecular formula is C37H49NO12. The lowest BCUT2D eigenvalue weighted by atomic mass is 9.77. The van der Waals surface area contributed by atoms with Gasteiger partial charge in [-0.2, -0.15) is 0 Å². The van der Waals surface area contributed by atoms with Gasteiger partial charge < -0.3 is 39.6 Å². The Labute approximate surface area is 292 Å². The molecule has 3 heterocycles. The van der Waals surface area contributed by atoms with Crippen LogP contribution in [0.1, 0.15) is 104 Å². The van der Waals surface area contributed by atoms with Gasteiger partial charge in [0, 0.05) is 56.3 Å². The standard InChI is InChI=1S/C37H49NO12/c1-16-11-10-12-17(2)36(46)38-23-15-24(40)26-27(32(23)44)31(43)21(6)34-28(26)35(45)37(8,50-34)48-14-13-25(47-9)18(3)33(49-22(7)39)20(5)30(42)19(4)29(16)41/h13-20,25,29-30,33,41-43H,10-12H2,1-9H3,(H,38,46)/b14-13+/t16-,17?,18+,19+,20+,25-,29+,30+,33+,37-/m0/s1. The summed E-state index contributed by atoms with van der Waals surface area (Å²) < 4.78 is 23.1. The predicted octanol–water partition coefficient (Wildman–Crippen LogP) is 3.93. The third-order valence-corrected chi connectivity index (χ3v) is 10.5. The second-order valence-electron chi connectivity index (χ2n) is 14.1. The van der Waals surface area contributed by atoms with Crippen LogP contribution in [0.5, 0.6) is 11.5 Å². The Morgan fingerprint density at radius 3 is 2.24 bits per heavy atom. The number of hydrogen-bond donors (Lipinski definition) is 4. The molecule has 0 spiro atoms. The topological polar surface area (TPSA) is 195 Å². The second kappa shape index (κ2) is 15.0. The third-order valence-electron chi connectivity index (χ3n) is 10.5. The first-order valence-electron chi connectivity index (χ1n) is 17.0. The highest BCUT2D eigenvalue weighted by Gasteiger charge is 2.51. The fourth-order valence-electron chi connectivity index (χ4n) is 7.18. The zero-order valence-electron chi connectivity index (χ0n) is 30.1. The number of nitrogens with one attached hydrogen (secondary N) is 1. The Kier molecular flexibility index (Phi) is 11.6. The van der Waals surface area contributed by atoms with Gasteiger partial charge in [-0.15, -0.1) is 0 Å². The van der Waals surface area contributed by atoms with Crippen LogP contribution in [0.3, 0.4) is 0 Å². The molecule has 50 heavy (non-hydrogen) atoms. The van der Waals surface area contributed by atoms with Gasteiger partial charge in [0.25, 0.3) is 5.78 Å². The van der Waals surface area contributed by atoms with Crippen LogP contribution in [0.4, 0.5) is 0 Å². The quantitative estimate of drug-likeness (QED) is 0.325. The average molecular weight is 700 g/mol. The Balaban J connectivity index is 1.77. The summed E-state index contributed by atoms with van der Waals surface area (Å²) in [6.07, 6.45) is 1.40. The summed E-state index contributed by atoms with van der Waals surface area (Å²) in [5.74, 6) is -8.86. The molecule has 0 saturated heterocycles. The molecule has 4 N–H and O–H groups in total. The van der Waals surface area contributed by atoms with E-state index in [2.05, 4.69) is 5.32 Å². The zero-order chi connectivity index (χ0) is 37.4. The van der Waals surface area contributed by atoms with Crippen LogP contribution >= 0.6 is 0 Å². The van der Waals surface area contributed by atoms with E-state index in [-0.39, 0.29) is 34.1 Å². The summed E-state index contributed by atoms with van der Waals surface area (Å²) in [4.78, 5) is 66.4. The van der Waals surface area contributed by atoms with Crippen LogP contribution in [-0.4, -0.2) is 81.9 Å². The highest BCUT2D eigenvalue weighted by Crippen LogP contribution is 2.48. The number of carbonyl (C=O) groups excluding carboxylic acids is 5. The number of amides is 1. The molecule has 5 bridgehead atoms. The molecule has 13 nitrogen and oxygen atoms in total. The first-order chi connectivity index (χ1) is 23.4. The molecule has 4 aliphatic rings. The van der Waals surface area contributed by atoms with E-state index >= 15 is 0 Å². The number of Topliss-reactive ketones (excluding diaryl/α,β-unsaturated/α-hetero) is 2. The number of aromatic hydroxyl groups is 1. The number of phenolic OH excluding ortho intramolecular Hbond substituents is 1. The molecule has 10 atom stereocenters. The van der Waals surface area contributed by atoms with Crippen molar-refractivity contribution in [2.24, 2.45) is 29.6 Å². The van der Waals surface area contributed by atoms with Crippen LogP contribution in [-0.2, 0) is 23.8 Å². The number of methoxy groups -OCH3 is 1. The van der Waals surface area contributed by atoms with Crippen molar-refractivity contribution in [2.75, 3.05) is 7.11 Å². The van der Waals surface area contributed by atoms with Crippen LogP contribution in [0.25, 0.3) is 0 Å². The fourth-order valence-corrected chi connectivity index (χ4v) is 7.18. The maximum atomic E-state index is 13.9. The minimum absolute atomic E-state index is 0.0294. The van der Waals surface area contributed by atoms with Crippen molar-refractivity contribution in [3.05, 3.63) is 46.4 Å². The van der Waals surface area contributed by atoms with E-state index in [9.17, 15) is 39.3 Å². The molecule has 0 fully saturated rings. The third kappa shape index (κ3) is 7.22. The molecule has 1 aromatic rings. The van der Waals surface area contributed by atoms with Gasteiger partial charge in [0.1, 0.15) is 17.6 Å². The summed E-state index contributed by atoms with van der Waals surface area (Å²) in [5.41, 5.74) is -1.29. The second-order valence-corrected chi connectivity index (χ2v) is 14.1. The predicted molar refractivity (Wildman–Crippen MR) is 179 cm³/mol. The summed E-state index contributed by atoms with van der Waals surface area (Å²) in [6, 6.07) is 0. The Morgan fingerprint density at radius 1 is 0.960 bits per heavy atom. The number of ketones is 3. The number of aliphatic hydroxyl groups excluding tert-OH is 2. The molecule has 1 aliphatic carbocycles. The van der Waals surface area contributed by atoms with Crippen LogP contribution in [0.2, 0.25) is 0 Å². The van der Waals surface area contributed by atoms with Crippen LogP contribution in [0, 0.1) is 36.5 Å². The van der Waals surface area contributed by atoms with E-state index in [1.165, 1.54) is 40.2 Å². The summed E-state index contributed by atoms with van der Waals surface area (Å²) in [5, 5.41) is 36.3. The highest BCUT2D eigenvalue weighted by atomic mass is 16.7. The van der Waals surface area contributed by atoms with Gasteiger partial charge in [-0.3, -0.25) is 24.0 Å². The number of ether oxygens (including phenoxy) is 4. The van der Waals surface area contributed by atoms with Crippen molar-refractivity contribution in [2.45, 2.75) is 105 Å². The molecule has 1 unspecified atom stereocenters. The number of hydrogen-bond acceptors (Lipinski definition) is 12. The van der Waals surface area contributed by atoms with Gasteiger partial charge in [-0.1, -0.05) is 41.0 Å². The SMILES string of the molecule is CO[C@H]1/C=C/O[C@@]2(C)Oc3c(C)c(O)c4c(c3C2=O)C(=O)C=C(NC(=O)C(C)CCC[C@H](C)[C@@H](O)[C@@H](C)[C@@H](O)[C@@H](C)[C@H](OC(C)=O)[C@@H]1C)C4=O. The molecule has 274 valence electrons. The van der Waals surface area contributed by atoms with E-state index in [0.29, 0.717) is 19.3 Å². The summed E-state index contributed by atoms with van der Waals surface area (Å²) >= 11 is 0. The number of phenols is 1. The zero-order valence-corrected chi connectivity index (χ0v) is 30.1. The Hall–Kier alpha value is -4.07. The molecule has 0 radical (unpaired) electrons. The largest absolute Gasteiger partial charge is 0.507 e. The molecule has 13 heteroatoms. The lowest BCUT2D eigenvalue weighted by Gasteiger charge is -2.38. The van der Waals surface area contributed by atoms with Gasteiger partial charge in [0.2, 0.25) is 11.7 Å². The summed E-state index contributed by atoms with van der Waals surface area (Å²) in [6.45, 7) is 12.7. The van der Waals surface area contributed by atoms with E-state index in [4.69, 9.17) is 18.9 Å². The lowest BCUT2D eigenvalue weighted by Crippen LogP contribution is -2.46. The highest BCUT2D eigenvalue weighted by molar-refractivity contribution is 6.30. The first kappa shape index (κ1) is 38.7. The van der Waals surface area contributed by atoms with Gasteiger partial charge >= 0.3 is 11.8 Å². The number of esters is 1. The van der Waals surface area contributed by atoms with Crippen molar-refractivity contribution in [3.8, 4) is 11.5 Å². The molecule has 1 amide bonds. The maximum absolute atomic E-state index is 13.9. The molecule has 0 aromatic heterocycles. The lowest BCUT2D eigenvalue weighted by molar-refractivity contribution is -0.160. The number of rotatable bonds is 2. The van der Waals surface area contributed by atoms with Crippen LogP contribution in [0.15, 0.2) is 24.1 Å². The minimum atomic E-state index is -2.02. The van der Waals surface area contributed by atoms with E-state index in [1.54, 1.807) is 27.7 Å². The molecule has 0 saturated carbocycles. The van der Waals surface area contributed by atoms with E-state index in [0.717, 1.165) is 6.08 Å². The average Bonchev–Trinajstić information content (AvgIpc) is 3.33. The molecule has 3 aliphatic heterocycles. The van der Waals surface area contributed by atoms with Crippen molar-refractivity contribution < 1.29 is 58.2 Å². The monoisotopic (exact) mass is 699 g/mol. The molecule has 5 rings (SSSR count). The van der Waals surface area contributed by atoms with Gasteiger partial charge in [-0.05, 0) is 31.8 Å². The van der Waals surface area contributed by atoms with Gasteiger partial charge in [0.15, 0.2) is 5.78 Å². The van der Waals surface area contributed by atoms with Gasteiger partial charge in [-0.25, -0.2) is 0 Å². The maximum Gasteiger partial charge on any atom is 0.312 e.